The first-order chi connectivity index (χ1) is 20.8. The highest BCUT2D eigenvalue weighted by atomic mass is 35.5. The van der Waals surface area contributed by atoms with Crippen LogP contribution >= 0.6 is 11.6 Å². The number of carbonyl (C=O) groups excluding carboxylic acids is 4. The summed E-state index contributed by atoms with van der Waals surface area (Å²) in [5, 5.41) is 18.0. The van der Waals surface area contributed by atoms with E-state index in [1.807, 2.05) is 6.07 Å². The maximum Gasteiger partial charge on any atom is 0.268 e. The number of nitriles is 1. The molecule has 3 fully saturated rings. The van der Waals surface area contributed by atoms with Crippen LogP contribution in [0.3, 0.4) is 0 Å². The van der Waals surface area contributed by atoms with E-state index >= 15 is 0 Å². The number of H-pyrrole nitrogens is 1. The normalized spacial score (nSPS) is 20.4. The zero-order chi connectivity index (χ0) is 30.5. The van der Waals surface area contributed by atoms with Gasteiger partial charge in [0, 0.05) is 50.2 Å². The molecule has 3 saturated heterocycles. The van der Waals surface area contributed by atoms with Gasteiger partial charge in [-0.2, -0.15) is 5.26 Å². The minimum atomic E-state index is -0.764. The van der Waals surface area contributed by atoms with Gasteiger partial charge < -0.3 is 36.1 Å². The van der Waals surface area contributed by atoms with Crippen LogP contribution in [-0.2, 0) is 19.2 Å². The zero-order valence-electron chi connectivity index (χ0n) is 24.0. The molecule has 1 aromatic heterocycles. The summed E-state index contributed by atoms with van der Waals surface area (Å²) in [6.07, 6.45) is 6.34. The molecule has 0 bridgehead atoms. The fourth-order valence-electron chi connectivity index (χ4n) is 6.07. The fourth-order valence-corrected chi connectivity index (χ4v) is 6.28. The van der Waals surface area contributed by atoms with Crippen LogP contribution in [0.5, 0.6) is 0 Å². The summed E-state index contributed by atoms with van der Waals surface area (Å²) in [6.45, 7) is 2.43. The topological polar surface area (TPSA) is 168 Å². The predicted octanol–water partition coefficient (Wildman–Crippen LogP) is 2.29. The number of nitrogens with zero attached hydrogens (tertiary/aromatic N) is 4. The van der Waals surface area contributed by atoms with E-state index in [1.165, 1.54) is 4.90 Å². The van der Waals surface area contributed by atoms with Crippen LogP contribution in [0.25, 0.3) is 10.9 Å². The van der Waals surface area contributed by atoms with Gasteiger partial charge in [0.25, 0.3) is 5.91 Å². The Bertz CT molecular complexity index is 1470. The molecule has 0 radical (unpaired) electrons. The molecule has 43 heavy (non-hydrogen) atoms. The highest BCUT2D eigenvalue weighted by Gasteiger charge is 2.33. The Morgan fingerprint density at radius 3 is 2.44 bits per heavy atom. The van der Waals surface area contributed by atoms with Crippen molar-refractivity contribution < 1.29 is 19.2 Å². The molecule has 0 unspecified atom stereocenters. The molecule has 12 nitrogen and oxygen atoms in total. The predicted molar refractivity (Wildman–Crippen MR) is 161 cm³/mol. The van der Waals surface area contributed by atoms with Crippen LogP contribution in [0.2, 0.25) is 5.02 Å². The summed E-state index contributed by atoms with van der Waals surface area (Å²) in [7, 11) is 0. The molecule has 5 N–H and O–H groups in total. The van der Waals surface area contributed by atoms with Gasteiger partial charge in [0.1, 0.15) is 17.9 Å². The average molecular weight is 609 g/mol. The molecule has 5 rings (SSSR count). The number of benzene rings is 1. The van der Waals surface area contributed by atoms with E-state index in [4.69, 9.17) is 17.3 Å². The molecule has 0 saturated carbocycles. The van der Waals surface area contributed by atoms with Gasteiger partial charge in [-0.1, -0.05) is 23.7 Å². The largest absolute Gasteiger partial charge is 0.369 e. The van der Waals surface area contributed by atoms with E-state index in [0.717, 1.165) is 31.1 Å². The number of para-hydroxylation sites is 1. The number of aromatic amines is 1. The first-order valence-electron chi connectivity index (χ1n) is 14.9. The van der Waals surface area contributed by atoms with Crippen LogP contribution in [0.1, 0.15) is 44.9 Å². The van der Waals surface area contributed by atoms with E-state index in [1.54, 1.807) is 28.1 Å². The van der Waals surface area contributed by atoms with E-state index in [9.17, 15) is 24.4 Å². The number of amides is 4. The van der Waals surface area contributed by atoms with Crippen molar-refractivity contribution in [3.63, 3.8) is 0 Å². The molecule has 4 heterocycles. The lowest BCUT2D eigenvalue weighted by atomic mass is 9.96. The summed E-state index contributed by atoms with van der Waals surface area (Å²) in [5.41, 5.74) is 6.50. The van der Waals surface area contributed by atoms with Crippen molar-refractivity contribution in [2.75, 3.05) is 44.6 Å². The SMILES string of the molecule is N#C/C(C(=O)N1CCC(C(N)=O)CC1)=C(\Nc1cccc2c(Cl)c[nH]c12)N[C@H]1CCCCN(CC(=O)N2CCCC2)C1=O. The number of carbonyl (C=O) groups is 4. The first kappa shape index (κ1) is 30.2. The third-order valence-corrected chi connectivity index (χ3v) is 8.88. The molecule has 1 aromatic carbocycles. The Kier molecular flexibility index (Phi) is 9.40. The van der Waals surface area contributed by atoms with Crippen molar-refractivity contribution in [3.8, 4) is 6.07 Å². The number of hydrogen-bond donors (Lipinski definition) is 4. The Morgan fingerprint density at radius 2 is 1.74 bits per heavy atom. The highest BCUT2D eigenvalue weighted by molar-refractivity contribution is 6.36. The molecule has 13 heteroatoms. The van der Waals surface area contributed by atoms with Crippen molar-refractivity contribution in [2.45, 2.75) is 51.0 Å². The Labute approximate surface area is 255 Å². The van der Waals surface area contributed by atoms with Crippen LogP contribution in [0.15, 0.2) is 35.8 Å². The minimum absolute atomic E-state index is 0.00260. The molecule has 2 aromatic rings. The van der Waals surface area contributed by atoms with Gasteiger partial charge in [0.2, 0.25) is 17.7 Å². The summed E-state index contributed by atoms with van der Waals surface area (Å²) < 4.78 is 0. The molecule has 3 aliphatic heterocycles. The monoisotopic (exact) mass is 608 g/mol. The fraction of sp³-hybridized carbons (Fsp3) is 0.500. The number of halogens is 1. The second kappa shape index (κ2) is 13.4. The highest BCUT2D eigenvalue weighted by Crippen LogP contribution is 2.30. The second-order valence-electron chi connectivity index (χ2n) is 11.4. The van der Waals surface area contributed by atoms with E-state index in [0.29, 0.717) is 55.1 Å². The van der Waals surface area contributed by atoms with Gasteiger partial charge in [-0.15, -0.1) is 0 Å². The lowest BCUT2D eigenvalue weighted by molar-refractivity contribution is -0.140. The summed E-state index contributed by atoms with van der Waals surface area (Å²) >= 11 is 6.34. The molecular formula is C30H37ClN8O4. The lowest BCUT2D eigenvalue weighted by Crippen LogP contribution is -2.50. The number of nitrogens with one attached hydrogen (secondary N) is 3. The van der Waals surface area contributed by atoms with Gasteiger partial charge in [0.05, 0.1) is 22.8 Å². The molecule has 0 aliphatic carbocycles. The van der Waals surface area contributed by atoms with Crippen LogP contribution < -0.4 is 16.4 Å². The van der Waals surface area contributed by atoms with E-state index in [-0.39, 0.29) is 48.8 Å². The Hall–Kier alpha value is -4.24. The van der Waals surface area contributed by atoms with Crippen LogP contribution in [-0.4, -0.2) is 88.6 Å². The third-order valence-electron chi connectivity index (χ3n) is 8.57. The second-order valence-corrected chi connectivity index (χ2v) is 11.8. The number of piperidine rings is 1. The minimum Gasteiger partial charge on any atom is -0.369 e. The molecular weight excluding hydrogens is 572 g/mol. The lowest BCUT2D eigenvalue weighted by Gasteiger charge is -2.31. The van der Waals surface area contributed by atoms with Gasteiger partial charge in [-0.25, -0.2) is 0 Å². The standard InChI is InChI=1S/C30H37ClN8O4/c31-22-17-34-26-20(22)6-5-8-23(26)35-28(21(16-32)29(42)38-14-9-19(10-15-38)27(33)41)36-24-7-1-2-13-39(30(24)43)18-25(40)37-11-3-4-12-37/h5-6,8,17,19,24,34-36H,1-4,7,9-15,18H2,(H2,33,41)/b28-21-/t24-/m0/s1. The van der Waals surface area contributed by atoms with E-state index < -0.39 is 17.9 Å². The summed E-state index contributed by atoms with van der Waals surface area (Å²) in [5.74, 6) is -1.46. The number of primary amides is 1. The molecule has 0 spiro atoms. The number of rotatable bonds is 8. The molecule has 1 atom stereocenters. The van der Waals surface area contributed by atoms with Crippen molar-refractivity contribution in [2.24, 2.45) is 11.7 Å². The van der Waals surface area contributed by atoms with Gasteiger partial charge in [-0.3, -0.25) is 19.2 Å². The number of anilines is 1. The van der Waals surface area contributed by atoms with Crippen molar-refractivity contribution in [3.05, 3.63) is 40.8 Å². The Morgan fingerprint density at radius 1 is 1.02 bits per heavy atom. The van der Waals surface area contributed by atoms with Gasteiger partial charge in [-0.05, 0) is 51.0 Å². The van der Waals surface area contributed by atoms with Crippen LogP contribution in [0.4, 0.5) is 5.69 Å². The summed E-state index contributed by atoms with van der Waals surface area (Å²) in [4.78, 5) is 60.1. The number of fused-ring (bicyclic) bond motifs is 1. The smallest absolute Gasteiger partial charge is 0.268 e. The number of likely N-dealkylation sites (tertiary alicyclic amines) is 3. The van der Waals surface area contributed by atoms with Crippen molar-refractivity contribution >= 4 is 51.8 Å². The number of nitrogens with two attached hydrogens (primary N) is 1. The zero-order valence-corrected chi connectivity index (χ0v) is 24.8. The van der Waals surface area contributed by atoms with Gasteiger partial charge >= 0.3 is 0 Å². The Balaban J connectivity index is 1.44. The maximum absolute atomic E-state index is 13.8. The molecule has 228 valence electrons. The van der Waals surface area contributed by atoms with Crippen molar-refractivity contribution in [1.29, 1.82) is 5.26 Å². The van der Waals surface area contributed by atoms with E-state index in [2.05, 4.69) is 21.7 Å². The molecule has 3 aliphatic rings. The third kappa shape index (κ3) is 6.72. The number of hydrogen-bond acceptors (Lipinski definition) is 7. The van der Waals surface area contributed by atoms with Crippen molar-refractivity contribution in [1.82, 2.24) is 25.0 Å². The number of aromatic nitrogens is 1. The molecule has 4 amide bonds. The van der Waals surface area contributed by atoms with Gasteiger partial charge in [0.15, 0.2) is 5.57 Å². The quantitative estimate of drug-likeness (QED) is 0.263. The first-order valence-corrected chi connectivity index (χ1v) is 15.2. The summed E-state index contributed by atoms with van der Waals surface area (Å²) in [6, 6.07) is 6.72. The average Bonchev–Trinajstić information content (AvgIpc) is 3.65. The van der Waals surface area contributed by atoms with Crippen LogP contribution in [0, 0.1) is 17.2 Å². The maximum atomic E-state index is 13.8.